The summed E-state index contributed by atoms with van der Waals surface area (Å²) in [6, 6.07) is 1.90. The van der Waals surface area contributed by atoms with Gasteiger partial charge in [-0.15, -0.1) is 0 Å². The van der Waals surface area contributed by atoms with Crippen molar-refractivity contribution in [3.05, 3.63) is 30.4 Å². The van der Waals surface area contributed by atoms with E-state index in [9.17, 15) is 0 Å². The Balaban J connectivity index is 2.87. The lowest BCUT2D eigenvalue weighted by atomic mass is 10.4. The molecule has 52 valence electrons. The topological polar surface area (TPSA) is 16.8 Å². The molecule has 0 bridgehead atoms. The molecular weight excluding hydrogens is 124 g/mol. The molecule has 2 nitrogen and oxygen atoms in total. The molecule has 0 N–H and O–H groups in total. The summed E-state index contributed by atoms with van der Waals surface area (Å²) in [7, 11) is 0. The minimum atomic E-state index is 1.26. The fraction of sp³-hybridized carbons (Fsp3) is 0.250. The van der Waals surface area contributed by atoms with Gasteiger partial charge in [-0.25, -0.2) is 4.57 Å². The lowest BCUT2D eigenvalue weighted by Gasteiger charge is -1.87. The van der Waals surface area contributed by atoms with E-state index in [1.165, 1.54) is 5.57 Å². The maximum absolute atomic E-state index is 3.96. The van der Waals surface area contributed by atoms with Gasteiger partial charge in [0.1, 0.15) is 6.20 Å². The van der Waals surface area contributed by atoms with Gasteiger partial charge in [-0.2, -0.15) is 0 Å². The van der Waals surface area contributed by atoms with E-state index in [-0.39, 0.29) is 0 Å². The smallest absolute Gasteiger partial charge is 0.210 e. The molecule has 0 radical (unpaired) electrons. The first-order chi connectivity index (χ1) is 4.79. The molecule has 0 unspecified atom stereocenters. The number of hydrogen-bond acceptors (Lipinski definition) is 1. The van der Waals surface area contributed by atoms with Crippen LogP contribution in [0.2, 0.25) is 0 Å². The Morgan fingerprint density at radius 1 is 1.50 bits per heavy atom. The summed E-state index contributed by atoms with van der Waals surface area (Å²) in [5.41, 5.74) is 1.26. The first kappa shape index (κ1) is 6.93. The molecule has 0 fully saturated rings. The van der Waals surface area contributed by atoms with Crippen LogP contribution in [0.25, 0.3) is 6.20 Å². The lowest BCUT2D eigenvalue weighted by molar-refractivity contribution is -0.572. The summed E-state index contributed by atoms with van der Waals surface area (Å²) in [4.78, 5) is 3.96. The Bertz CT molecular complexity index is 222. The molecule has 2 heteroatoms. The average molecular weight is 135 g/mol. The van der Waals surface area contributed by atoms with E-state index in [0.717, 1.165) is 0 Å². The molecule has 1 heterocycles. The summed E-state index contributed by atoms with van der Waals surface area (Å²) in [5.74, 6) is 0. The molecule has 0 aliphatic rings. The predicted octanol–water partition coefficient (Wildman–Crippen LogP) is 1.25. The zero-order valence-corrected chi connectivity index (χ0v) is 6.28. The summed E-state index contributed by atoms with van der Waals surface area (Å²) in [6.45, 7) is 4.11. The highest BCUT2D eigenvalue weighted by atomic mass is 15.0. The molecule has 1 aromatic rings. The van der Waals surface area contributed by atoms with Crippen LogP contribution in [0.5, 0.6) is 0 Å². The van der Waals surface area contributed by atoms with E-state index in [0.29, 0.717) is 0 Å². The van der Waals surface area contributed by atoms with Gasteiger partial charge in [0.2, 0.25) is 0 Å². The second kappa shape index (κ2) is 3.11. The van der Waals surface area contributed by atoms with Gasteiger partial charge in [0.25, 0.3) is 6.33 Å². The average Bonchev–Trinajstić information content (AvgIpc) is 1.88. The number of rotatable bonds is 1. The van der Waals surface area contributed by atoms with Crippen LogP contribution in [-0.2, 0) is 0 Å². The van der Waals surface area contributed by atoms with Gasteiger partial charge in [-0.05, 0) is 19.4 Å². The van der Waals surface area contributed by atoms with Crippen LogP contribution in [0.1, 0.15) is 13.8 Å². The van der Waals surface area contributed by atoms with Gasteiger partial charge in [-0.1, -0.05) is 4.98 Å². The highest BCUT2D eigenvalue weighted by Gasteiger charge is 1.88. The Kier molecular flexibility index (Phi) is 2.15. The van der Waals surface area contributed by atoms with Crippen molar-refractivity contribution in [2.75, 3.05) is 0 Å². The SMILES string of the molecule is CC(C)=C[n+]1cccnc1. The molecular formula is C8H11N2+. The Labute approximate surface area is 60.9 Å². The summed E-state index contributed by atoms with van der Waals surface area (Å²) in [5, 5.41) is 0. The van der Waals surface area contributed by atoms with Crippen LogP contribution in [0.4, 0.5) is 0 Å². The van der Waals surface area contributed by atoms with Crippen molar-refractivity contribution in [3.8, 4) is 0 Å². The first-order valence-electron chi connectivity index (χ1n) is 3.25. The molecule has 0 saturated carbocycles. The van der Waals surface area contributed by atoms with Crippen molar-refractivity contribution in [2.45, 2.75) is 13.8 Å². The van der Waals surface area contributed by atoms with E-state index in [1.54, 1.807) is 12.5 Å². The number of aromatic nitrogens is 2. The lowest BCUT2D eigenvalue weighted by Crippen LogP contribution is -2.25. The minimum absolute atomic E-state index is 1.26. The van der Waals surface area contributed by atoms with Crippen molar-refractivity contribution in [3.63, 3.8) is 0 Å². The quantitative estimate of drug-likeness (QED) is 0.529. The molecule has 0 spiro atoms. The van der Waals surface area contributed by atoms with Crippen molar-refractivity contribution in [1.29, 1.82) is 0 Å². The maximum atomic E-state index is 3.96. The van der Waals surface area contributed by atoms with Crippen LogP contribution in [-0.4, -0.2) is 4.98 Å². The summed E-state index contributed by atoms with van der Waals surface area (Å²) in [6.07, 6.45) is 7.51. The molecule has 0 atom stereocenters. The van der Waals surface area contributed by atoms with Crippen molar-refractivity contribution in [1.82, 2.24) is 4.98 Å². The third-order valence-corrected chi connectivity index (χ3v) is 1.04. The number of hydrogen-bond donors (Lipinski definition) is 0. The maximum Gasteiger partial charge on any atom is 0.290 e. The Morgan fingerprint density at radius 2 is 2.30 bits per heavy atom. The normalized spacial score (nSPS) is 9.00. The Hall–Kier alpha value is -1.18. The Morgan fingerprint density at radius 3 is 2.80 bits per heavy atom. The van der Waals surface area contributed by atoms with Crippen molar-refractivity contribution >= 4 is 6.20 Å². The number of allylic oxidation sites excluding steroid dienone is 1. The molecule has 0 aliphatic carbocycles. The summed E-state index contributed by atoms with van der Waals surface area (Å²) < 4.78 is 1.93. The second-order valence-electron chi connectivity index (χ2n) is 2.41. The van der Waals surface area contributed by atoms with Gasteiger partial charge >= 0.3 is 0 Å². The van der Waals surface area contributed by atoms with E-state index in [4.69, 9.17) is 0 Å². The highest BCUT2D eigenvalue weighted by Crippen LogP contribution is 1.84. The van der Waals surface area contributed by atoms with E-state index in [1.807, 2.05) is 23.0 Å². The second-order valence-corrected chi connectivity index (χ2v) is 2.41. The van der Waals surface area contributed by atoms with Gasteiger partial charge in [0.15, 0.2) is 0 Å². The predicted molar refractivity (Wildman–Crippen MR) is 40.1 cm³/mol. The van der Waals surface area contributed by atoms with Gasteiger partial charge < -0.3 is 0 Å². The molecule has 0 aromatic carbocycles. The zero-order chi connectivity index (χ0) is 7.40. The zero-order valence-electron chi connectivity index (χ0n) is 6.28. The van der Waals surface area contributed by atoms with Gasteiger partial charge in [0.05, 0.1) is 12.4 Å². The van der Waals surface area contributed by atoms with E-state index < -0.39 is 0 Å². The monoisotopic (exact) mass is 135 g/mol. The molecule has 0 saturated heterocycles. The fourth-order valence-electron chi connectivity index (χ4n) is 0.716. The highest BCUT2D eigenvalue weighted by molar-refractivity contribution is 5.13. The van der Waals surface area contributed by atoms with Crippen LogP contribution in [0.3, 0.4) is 0 Å². The molecule has 0 amide bonds. The summed E-state index contributed by atoms with van der Waals surface area (Å²) >= 11 is 0. The van der Waals surface area contributed by atoms with Crippen LogP contribution in [0.15, 0.2) is 30.4 Å². The largest absolute Gasteiger partial charge is 0.290 e. The van der Waals surface area contributed by atoms with Crippen molar-refractivity contribution in [2.24, 2.45) is 0 Å². The minimum Gasteiger partial charge on any atom is -0.210 e. The van der Waals surface area contributed by atoms with Gasteiger partial charge in [0, 0.05) is 6.07 Å². The molecule has 1 rings (SSSR count). The number of nitrogens with zero attached hydrogens (tertiary/aromatic N) is 2. The van der Waals surface area contributed by atoms with Crippen LogP contribution < -0.4 is 4.57 Å². The van der Waals surface area contributed by atoms with E-state index >= 15 is 0 Å². The third-order valence-electron chi connectivity index (χ3n) is 1.04. The molecule has 0 aliphatic heterocycles. The van der Waals surface area contributed by atoms with Crippen LogP contribution in [0, 0.1) is 0 Å². The third kappa shape index (κ3) is 1.97. The van der Waals surface area contributed by atoms with Gasteiger partial charge in [-0.3, -0.25) is 0 Å². The fourth-order valence-corrected chi connectivity index (χ4v) is 0.716. The molecule has 10 heavy (non-hydrogen) atoms. The van der Waals surface area contributed by atoms with Crippen molar-refractivity contribution < 1.29 is 4.57 Å². The molecule has 1 aromatic heterocycles. The van der Waals surface area contributed by atoms with E-state index in [2.05, 4.69) is 18.8 Å². The first-order valence-corrected chi connectivity index (χ1v) is 3.25. The van der Waals surface area contributed by atoms with Crippen LogP contribution >= 0.6 is 0 Å². The standard InChI is InChI=1S/C8H11N2/c1-8(2)6-10-5-3-4-9-7-10/h3-7H,1-2H3/q+1.